The van der Waals surface area contributed by atoms with E-state index in [1.54, 1.807) is 60.9 Å². The number of aliphatic carboxylic acids is 2. The monoisotopic (exact) mass is 2080 g/mol. The molecule has 0 radical (unpaired) electrons. The summed E-state index contributed by atoms with van der Waals surface area (Å²) in [7, 11) is -2.43. The smallest absolute Gasteiger partial charge is 0.478 e. The third kappa shape index (κ3) is 35.2. The van der Waals surface area contributed by atoms with Crippen molar-refractivity contribution in [1.29, 1.82) is 0 Å². The van der Waals surface area contributed by atoms with Crippen molar-refractivity contribution in [2.45, 2.75) is 132 Å². The molecular weight excluding hydrogens is 1960 g/mol. The molecule has 778 valence electrons. The van der Waals surface area contributed by atoms with Gasteiger partial charge in [-0.3, -0.25) is 29.3 Å². The molecule has 12 aromatic rings. The van der Waals surface area contributed by atoms with Crippen molar-refractivity contribution in [3.63, 3.8) is 0 Å². The maximum atomic E-state index is 13.2. The zero-order chi connectivity index (χ0) is 108. The quantitative estimate of drug-likeness (QED) is 0.00918. The minimum Gasteiger partial charge on any atom is -0.478 e. The van der Waals surface area contributed by atoms with Crippen molar-refractivity contribution in [2.75, 3.05) is 109 Å². The Labute approximate surface area is 853 Å². The molecule has 7 aromatic heterocycles. The van der Waals surface area contributed by atoms with Crippen LogP contribution in [0.3, 0.4) is 0 Å². The van der Waals surface area contributed by atoms with Crippen LogP contribution in [0.5, 0.6) is 0 Å². The first-order valence-electron chi connectivity index (χ1n) is 46.3. The number of anilines is 7. The summed E-state index contributed by atoms with van der Waals surface area (Å²) in [5, 5.41) is 39.0. The third-order valence-corrected chi connectivity index (χ3v) is 25.1. The van der Waals surface area contributed by atoms with Gasteiger partial charge in [0.05, 0.1) is 95.4 Å². The number of furan rings is 1. The molecule has 2 saturated heterocycles. The number of nitrogens with one attached hydrogen (secondary N) is 2. The van der Waals surface area contributed by atoms with Crippen LogP contribution >= 0.6 is 0 Å². The van der Waals surface area contributed by atoms with Gasteiger partial charge in [-0.1, -0.05) is 24.2 Å². The Morgan fingerprint density at radius 2 is 0.789 bits per heavy atom. The Hall–Kier alpha value is -15.0. The average molecular weight is 2080 g/mol. The number of amides is 1. The van der Waals surface area contributed by atoms with Crippen LogP contribution in [0.15, 0.2) is 203 Å². The molecule has 0 bridgehead atoms. The van der Waals surface area contributed by atoms with E-state index >= 15 is 0 Å². The second-order valence-corrected chi connectivity index (χ2v) is 39.4. The number of morpholine rings is 1. The summed E-state index contributed by atoms with van der Waals surface area (Å²) in [6.07, 6.45) is 21.5. The van der Waals surface area contributed by atoms with Crippen molar-refractivity contribution in [1.82, 2.24) is 69.3 Å². The summed E-state index contributed by atoms with van der Waals surface area (Å²) in [5.41, 5.74) is 9.25. The van der Waals surface area contributed by atoms with Gasteiger partial charge in [-0.05, 0) is 242 Å². The number of rotatable bonds is 31. The summed E-state index contributed by atoms with van der Waals surface area (Å²) in [6, 6.07) is 34.8. The van der Waals surface area contributed by atoms with Crippen molar-refractivity contribution in [3.05, 3.63) is 256 Å². The highest BCUT2D eigenvalue weighted by molar-refractivity contribution is 7.93. The van der Waals surface area contributed by atoms with Crippen molar-refractivity contribution >= 4 is 143 Å². The fraction of sp³-hybridized carbons (Fsp3) is 0.304. The van der Waals surface area contributed by atoms with Gasteiger partial charge in [0.1, 0.15) is 57.3 Å². The number of fused-ring (bicyclic) bond motifs is 1. The number of carboxylic acid groups (broad SMARTS) is 2. The van der Waals surface area contributed by atoms with Crippen LogP contribution < -0.4 is 43.7 Å². The molecule has 0 spiro atoms. The molecular formula is C102H120BF4N21O16S3. The number of ether oxygens (including phenoxy) is 1. The molecule has 1 unspecified atom stereocenters. The lowest BCUT2D eigenvalue weighted by Crippen LogP contribution is -2.39. The molecule has 0 saturated carbocycles. The highest BCUT2D eigenvalue weighted by Crippen LogP contribution is 2.38. The number of halogens is 4. The van der Waals surface area contributed by atoms with Gasteiger partial charge in [-0.15, -0.1) is 0 Å². The minimum absolute atomic E-state index is 0.0980. The van der Waals surface area contributed by atoms with E-state index in [0.29, 0.717) is 122 Å². The van der Waals surface area contributed by atoms with E-state index < -0.39 is 55.1 Å². The molecule has 45 heteroatoms. The summed E-state index contributed by atoms with van der Waals surface area (Å²) in [6.45, 7) is 27.2. The van der Waals surface area contributed by atoms with Crippen molar-refractivity contribution in [2.24, 2.45) is 0 Å². The highest BCUT2D eigenvalue weighted by atomic mass is 32.2. The molecule has 1 amide bonds. The topological polar surface area (TPSA) is 479 Å². The second-order valence-electron chi connectivity index (χ2n) is 34.8. The number of hydrogen-bond acceptors (Lipinski definition) is 32. The van der Waals surface area contributed by atoms with E-state index in [1.165, 1.54) is 117 Å². The molecule has 1 atom stereocenters. The summed E-state index contributed by atoms with van der Waals surface area (Å²) < 4.78 is 145. The Morgan fingerprint density at radius 3 is 1.14 bits per heavy atom. The van der Waals surface area contributed by atoms with Gasteiger partial charge in [-0.2, -0.15) is 8.42 Å². The lowest BCUT2D eigenvalue weighted by Gasteiger charge is -2.32. The molecule has 2 aliphatic heterocycles. The number of aromatic nitrogens is 12. The maximum absolute atomic E-state index is 13.2. The number of sulfonamides is 2. The van der Waals surface area contributed by atoms with Gasteiger partial charge >= 0.3 is 19.1 Å². The minimum atomic E-state index is -4.24. The predicted octanol–water partition coefficient (Wildman–Crippen LogP) is 15.6. The molecule has 37 nitrogen and oxygen atoms in total. The number of nitrogens with zero attached hydrogens (tertiary/aromatic N) is 19. The molecule has 9 heterocycles. The first-order valence-corrected chi connectivity index (χ1v) is 50.9. The number of carbonyl (C=O) groups excluding carboxylic acids is 1. The van der Waals surface area contributed by atoms with Crippen LogP contribution in [-0.4, -0.2) is 246 Å². The first kappa shape index (κ1) is 116. The zero-order valence-corrected chi connectivity index (χ0v) is 86.9. The lowest BCUT2D eigenvalue weighted by molar-refractivity contribution is -0.132. The van der Waals surface area contributed by atoms with Crippen molar-refractivity contribution < 1.29 is 91.2 Å². The molecule has 147 heavy (non-hydrogen) atoms. The van der Waals surface area contributed by atoms with Gasteiger partial charge in [-0.25, -0.2) is 93.3 Å². The van der Waals surface area contributed by atoms with Gasteiger partial charge in [0.15, 0.2) is 46.5 Å². The Balaban J connectivity index is 0.000000196. The van der Waals surface area contributed by atoms with E-state index in [9.17, 15) is 57.2 Å². The fourth-order valence-corrected chi connectivity index (χ4v) is 15.1. The first-order chi connectivity index (χ1) is 69.5. The molecule has 2 aliphatic rings. The SMILES string of the molecule is CC(=O)NS(=O)(=O)/C=C/c1cnc(-c2ccc(F)cc2)c(N(C)C(C)C)n1.CC(C)N(C)c1nc(/C=C/B(O)O)cnc1-c1ccc(F)cc1.CC(C)N(C)c1nc(/C=C/C(=O)O)cnc1N1CCOCC1.CC(C)N(C)c1nc(/C=C/S(=O)(=O)O)cnc1-c1ccc(F)cc1.CC1CCCN1c1nc(/C=C/C(=O)O)cnc1-c1cc2ccccc2o1.CNS(=O)(=O)/C=C/c1cnc(-c2ccc(F)cc2)c(N(C)C(C)C)n1. The average Bonchev–Trinajstić information content (AvgIpc) is 1.64. The number of carbonyl (C=O) groups is 3. The summed E-state index contributed by atoms with van der Waals surface area (Å²) >= 11 is 0. The number of benzene rings is 5. The summed E-state index contributed by atoms with van der Waals surface area (Å²) in [4.78, 5) is 100. The number of para-hydroxylation sites is 1. The van der Waals surface area contributed by atoms with Gasteiger partial charge < -0.3 is 63.7 Å². The Morgan fingerprint density at radius 1 is 0.449 bits per heavy atom. The number of hydrogen-bond donors (Lipinski definition) is 7. The van der Waals surface area contributed by atoms with Crippen LogP contribution in [-0.2, 0) is 49.3 Å². The van der Waals surface area contributed by atoms with Crippen molar-refractivity contribution in [3.8, 4) is 56.5 Å². The van der Waals surface area contributed by atoms with Crippen LogP contribution in [0, 0.1) is 23.3 Å². The predicted molar refractivity (Wildman–Crippen MR) is 568 cm³/mol. The molecule has 0 aliphatic carbocycles. The summed E-state index contributed by atoms with van der Waals surface area (Å²) in [5.74, 6) is 2.42. The zero-order valence-electron chi connectivity index (χ0n) is 84.5. The molecule has 14 rings (SSSR count). The fourth-order valence-electron chi connectivity index (χ4n) is 13.5. The largest absolute Gasteiger partial charge is 0.480 e. The standard InChI is InChI=1S/C20H19N3O3.C18H21FN4O3S.C17H21FN4O2S.C16H19BFN3O2.C16H18FN3O3S.C15H22N4O3/c1-13-5-4-10-23(13)20-19(21-12-15(22-20)8-9-18(24)25)17-11-14-6-2-3-7-16(14)26-17;1-12(2)23(4)18-17(14-5-7-15(19)8-6-14)20-11-16(21-18)9-10-27(25,26)22-13(3)24;1-12(2)22(4)17-16(13-5-7-14(18)8-6-13)20-11-15(21-17)9-10-25(23,24)19-3;1-11(2)21(3)16-15(12-4-6-13(18)7-5-12)19-10-14(20-16)8-9-17(22)23;1-11(2)20(3)16-15(12-4-6-13(17)7-5-12)18-10-14(19-16)8-9-24(21,22)23;1-11(2)18(3)15-14(19-6-8-22-9-7-19)16-10-12(17-15)4-5-13(20)21/h2-3,6-9,11-13H,4-5,10H2,1H3,(H,24,25);5-12H,1-4H3,(H,22,24);5-12,19H,1-4H3;4-11,22-23H,1-3H3;4-11H,1-3H3,(H,21,22,23);4-5,10-11H,6-9H2,1-3H3,(H,20,21)/b9-8+;2*10-9+;2*9-8+;5-4+. The number of carboxylic acids is 2. The van der Waals surface area contributed by atoms with E-state index in [0.717, 1.165) is 108 Å². The molecule has 2 fully saturated rings. The molecule has 7 N–H and O–H groups in total. The van der Waals surface area contributed by atoms with E-state index in [-0.39, 0.29) is 59.2 Å². The van der Waals surface area contributed by atoms with Gasteiger partial charge in [0, 0.05) is 143 Å². The Bertz CT molecular complexity index is 7020. The normalized spacial score (nSPS) is 13.4. The van der Waals surface area contributed by atoms with Crippen LogP contribution in [0.4, 0.5) is 58.3 Å². The highest BCUT2D eigenvalue weighted by Gasteiger charge is 2.29. The van der Waals surface area contributed by atoms with Crippen LogP contribution in [0.1, 0.15) is 130 Å². The van der Waals surface area contributed by atoms with Crippen LogP contribution in [0.25, 0.3) is 104 Å². The van der Waals surface area contributed by atoms with E-state index in [2.05, 4.69) is 95.1 Å². The molecule has 5 aromatic carbocycles. The third-order valence-electron chi connectivity index (χ3n) is 22.5. The second kappa shape index (κ2) is 53.7. The van der Waals surface area contributed by atoms with E-state index in [1.807, 2.05) is 150 Å². The lowest BCUT2D eigenvalue weighted by atomic mass is 9.91. The van der Waals surface area contributed by atoms with Gasteiger partial charge in [0.25, 0.3) is 20.1 Å². The Kier molecular flexibility index (Phi) is 42.2. The van der Waals surface area contributed by atoms with Gasteiger partial charge in [0.2, 0.25) is 15.9 Å². The van der Waals surface area contributed by atoms with Crippen LogP contribution in [0.2, 0.25) is 0 Å². The maximum Gasteiger partial charge on any atom is 0.480 e. The van der Waals surface area contributed by atoms with E-state index in [4.69, 9.17) is 34.0 Å².